The van der Waals surface area contributed by atoms with E-state index in [1.165, 1.54) is 51.4 Å². The Balaban J connectivity index is 1.52. The van der Waals surface area contributed by atoms with Crippen molar-refractivity contribution in [2.45, 2.75) is 76.1 Å². The van der Waals surface area contributed by atoms with E-state index in [0.29, 0.717) is 18.2 Å². The number of nitrogens with one attached hydrogen (secondary N) is 1. The Hall–Kier alpha value is -0.870. The van der Waals surface area contributed by atoms with Gasteiger partial charge in [-0.05, 0) is 38.2 Å². The van der Waals surface area contributed by atoms with E-state index in [9.17, 15) is 0 Å². The fourth-order valence-electron chi connectivity index (χ4n) is 3.70. The molecular weight excluding hydrogens is 250 g/mol. The van der Waals surface area contributed by atoms with Gasteiger partial charge in [0.2, 0.25) is 0 Å². The van der Waals surface area contributed by atoms with Crippen LogP contribution in [0.1, 0.15) is 63.1 Å². The summed E-state index contributed by atoms with van der Waals surface area (Å²) < 4.78 is 7.72. The van der Waals surface area contributed by atoms with E-state index >= 15 is 0 Å². The fourth-order valence-corrected chi connectivity index (χ4v) is 3.70. The highest BCUT2D eigenvalue weighted by Crippen LogP contribution is 2.27. The minimum Gasteiger partial charge on any atom is -0.380 e. The van der Waals surface area contributed by atoms with Crippen molar-refractivity contribution >= 4 is 0 Å². The number of hydrogen-bond donors (Lipinski definition) is 1. The topological polar surface area (TPSA) is 39.1 Å². The van der Waals surface area contributed by atoms with Crippen LogP contribution in [0.4, 0.5) is 0 Å². The van der Waals surface area contributed by atoms with Gasteiger partial charge in [-0.3, -0.25) is 4.68 Å². The first kappa shape index (κ1) is 14.1. The van der Waals surface area contributed by atoms with Gasteiger partial charge in [0.15, 0.2) is 0 Å². The lowest BCUT2D eigenvalue weighted by Gasteiger charge is -2.22. The predicted molar refractivity (Wildman–Crippen MR) is 79.6 cm³/mol. The van der Waals surface area contributed by atoms with Gasteiger partial charge in [-0.1, -0.05) is 19.3 Å². The quantitative estimate of drug-likeness (QED) is 0.899. The van der Waals surface area contributed by atoms with Crippen LogP contribution in [-0.2, 0) is 11.3 Å². The molecule has 1 N–H and O–H groups in total. The van der Waals surface area contributed by atoms with Crippen LogP contribution in [0, 0.1) is 0 Å². The molecule has 4 nitrogen and oxygen atoms in total. The number of hydrogen-bond acceptors (Lipinski definition) is 3. The maximum Gasteiger partial charge on any atom is 0.0762 e. The number of rotatable bonds is 5. The Labute approximate surface area is 121 Å². The molecule has 0 aromatic carbocycles. The third kappa shape index (κ3) is 3.23. The summed E-state index contributed by atoms with van der Waals surface area (Å²) in [6, 6.07) is 3.30. The molecule has 0 saturated heterocycles. The van der Waals surface area contributed by atoms with Gasteiger partial charge >= 0.3 is 0 Å². The summed E-state index contributed by atoms with van der Waals surface area (Å²) in [5.41, 5.74) is 1.16. The third-order valence-corrected chi connectivity index (χ3v) is 4.91. The molecule has 20 heavy (non-hydrogen) atoms. The van der Waals surface area contributed by atoms with E-state index < -0.39 is 0 Å². The summed E-state index contributed by atoms with van der Waals surface area (Å²) in [5, 5.41) is 8.37. The van der Waals surface area contributed by atoms with Crippen LogP contribution in [0.15, 0.2) is 12.3 Å². The highest BCUT2D eigenvalue weighted by Gasteiger charge is 2.26. The summed E-state index contributed by atoms with van der Waals surface area (Å²) in [7, 11) is 1.82. The monoisotopic (exact) mass is 277 g/mol. The molecule has 2 saturated carbocycles. The van der Waals surface area contributed by atoms with Crippen LogP contribution in [0.5, 0.6) is 0 Å². The first-order chi connectivity index (χ1) is 9.86. The summed E-state index contributed by atoms with van der Waals surface area (Å²) in [6.07, 6.45) is 12.9. The molecule has 0 radical (unpaired) electrons. The largest absolute Gasteiger partial charge is 0.380 e. The molecule has 2 fully saturated rings. The molecule has 1 heterocycles. The average molecular weight is 277 g/mol. The summed E-state index contributed by atoms with van der Waals surface area (Å²) >= 11 is 0. The van der Waals surface area contributed by atoms with Crippen LogP contribution in [0.3, 0.4) is 0 Å². The minimum atomic E-state index is 0.385. The Bertz CT molecular complexity index is 412. The van der Waals surface area contributed by atoms with E-state index in [-0.39, 0.29) is 0 Å². The molecule has 0 bridgehead atoms. The van der Waals surface area contributed by atoms with Crippen LogP contribution in [0.2, 0.25) is 0 Å². The van der Waals surface area contributed by atoms with Crippen molar-refractivity contribution in [3.05, 3.63) is 18.0 Å². The Morgan fingerprint density at radius 2 is 2.05 bits per heavy atom. The van der Waals surface area contributed by atoms with E-state index in [2.05, 4.69) is 22.3 Å². The van der Waals surface area contributed by atoms with E-state index in [4.69, 9.17) is 9.84 Å². The molecule has 0 aliphatic heterocycles. The zero-order valence-corrected chi connectivity index (χ0v) is 12.6. The van der Waals surface area contributed by atoms with Gasteiger partial charge in [0.25, 0.3) is 0 Å². The molecule has 112 valence electrons. The summed E-state index contributed by atoms with van der Waals surface area (Å²) in [6.45, 7) is 0.865. The van der Waals surface area contributed by atoms with Gasteiger partial charge in [0.1, 0.15) is 0 Å². The lowest BCUT2D eigenvalue weighted by atomic mass is 9.96. The third-order valence-electron chi connectivity index (χ3n) is 4.91. The van der Waals surface area contributed by atoms with Gasteiger partial charge in [-0.25, -0.2) is 0 Å². The number of methoxy groups -OCH3 is 1. The second kappa shape index (κ2) is 6.72. The maximum atomic E-state index is 5.52. The molecule has 2 aliphatic rings. The van der Waals surface area contributed by atoms with Crippen molar-refractivity contribution in [3.8, 4) is 0 Å². The van der Waals surface area contributed by atoms with Crippen LogP contribution in [-0.4, -0.2) is 29.0 Å². The summed E-state index contributed by atoms with van der Waals surface area (Å²) in [5.74, 6) is 0. The average Bonchev–Trinajstić information content (AvgIpc) is 3.15. The zero-order chi connectivity index (χ0) is 13.8. The van der Waals surface area contributed by atoms with Crippen LogP contribution >= 0.6 is 0 Å². The molecule has 4 heteroatoms. The number of aromatic nitrogens is 2. The molecule has 3 rings (SSSR count). The maximum absolute atomic E-state index is 5.52. The highest BCUT2D eigenvalue weighted by atomic mass is 16.5. The first-order valence-corrected chi connectivity index (χ1v) is 8.17. The number of nitrogens with zero attached hydrogens (tertiary/aromatic N) is 2. The smallest absolute Gasteiger partial charge is 0.0762 e. The fraction of sp³-hybridized carbons (Fsp3) is 0.812. The second-order valence-electron chi connectivity index (χ2n) is 6.27. The Morgan fingerprint density at radius 1 is 1.20 bits per heavy atom. The zero-order valence-electron chi connectivity index (χ0n) is 12.6. The van der Waals surface area contributed by atoms with E-state index in [1.807, 2.05) is 7.11 Å². The van der Waals surface area contributed by atoms with Crippen LogP contribution < -0.4 is 5.32 Å². The van der Waals surface area contributed by atoms with E-state index in [1.54, 1.807) is 0 Å². The van der Waals surface area contributed by atoms with Crippen LogP contribution in [0.25, 0.3) is 0 Å². The van der Waals surface area contributed by atoms with Crippen molar-refractivity contribution in [2.75, 3.05) is 7.11 Å². The minimum absolute atomic E-state index is 0.385. The molecule has 1 aromatic rings. The molecule has 0 spiro atoms. The highest BCUT2D eigenvalue weighted by molar-refractivity contribution is 5.01. The standard InChI is InChI=1S/C16H27N3O/c1-20-16-9-5-8-15(16)17-12-13-10-11-19(18-13)14-6-3-2-4-7-14/h10-11,14-17H,2-9,12H2,1H3. The SMILES string of the molecule is COC1CCCC1NCc1ccn(C2CCCCC2)n1. The first-order valence-electron chi connectivity index (χ1n) is 8.17. The molecule has 2 atom stereocenters. The van der Waals surface area contributed by atoms with Gasteiger partial charge in [-0.15, -0.1) is 0 Å². The van der Waals surface area contributed by atoms with Gasteiger partial charge in [0.05, 0.1) is 17.8 Å². The van der Waals surface area contributed by atoms with Crippen molar-refractivity contribution in [1.82, 2.24) is 15.1 Å². The second-order valence-corrected chi connectivity index (χ2v) is 6.27. The molecule has 0 amide bonds. The van der Waals surface area contributed by atoms with Crippen molar-refractivity contribution in [2.24, 2.45) is 0 Å². The van der Waals surface area contributed by atoms with Crippen molar-refractivity contribution in [3.63, 3.8) is 0 Å². The lowest BCUT2D eigenvalue weighted by Crippen LogP contribution is -2.36. The van der Waals surface area contributed by atoms with Gasteiger partial charge in [0, 0.05) is 25.9 Å². The van der Waals surface area contributed by atoms with E-state index in [0.717, 1.165) is 12.2 Å². The van der Waals surface area contributed by atoms with Crippen molar-refractivity contribution < 1.29 is 4.74 Å². The molecule has 2 aliphatic carbocycles. The normalized spacial score (nSPS) is 28.1. The predicted octanol–water partition coefficient (Wildman–Crippen LogP) is 3.05. The van der Waals surface area contributed by atoms with Gasteiger partial charge in [-0.2, -0.15) is 5.10 Å². The molecular formula is C16H27N3O. The summed E-state index contributed by atoms with van der Waals surface area (Å²) in [4.78, 5) is 0. The molecule has 1 aromatic heterocycles. The Morgan fingerprint density at radius 3 is 2.85 bits per heavy atom. The lowest BCUT2D eigenvalue weighted by molar-refractivity contribution is 0.0846. The van der Waals surface area contributed by atoms with Gasteiger partial charge < -0.3 is 10.1 Å². The molecule has 2 unspecified atom stereocenters. The number of ether oxygens (including phenoxy) is 1. The Kier molecular flexibility index (Phi) is 4.73. The van der Waals surface area contributed by atoms with Crippen molar-refractivity contribution in [1.29, 1.82) is 0 Å².